The molecule has 0 aliphatic carbocycles. The van der Waals surface area contributed by atoms with Gasteiger partial charge in [-0.3, -0.25) is 0 Å². The minimum atomic E-state index is -3.77. The summed E-state index contributed by atoms with van der Waals surface area (Å²) < 4.78 is 40.8. The molecule has 3 rings (SSSR count). The van der Waals surface area contributed by atoms with Crippen molar-refractivity contribution in [3.63, 3.8) is 0 Å². The first-order valence-corrected chi connectivity index (χ1v) is 11.8. The lowest BCUT2D eigenvalue weighted by Gasteiger charge is -2.14. The van der Waals surface area contributed by atoms with Crippen molar-refractivity contribution in [1.82, 2.24) is 24.5 Å². The van der Waals surface area contributed by atoms with Gasteiger partial charge in [0.05, 0.1) is 18.9 Å². The molecule has 2 heterocycles. The average molecular weight is 461 g/mol. The third kappa shape index (κ3) is 5.74. The van der Waals surface area contributed by atoms with E-state index in [1.807, 2.05) is 26.8 Å². The largest absolute Gasteiger partial charge is 0.494 e. The molecular formula is C21H28N6O4S. The molecule has 2 aromatic heterocycles. The van der Waals surface area contributed by atoms with Crippen LogP contribution < -0.4 is 19.5 Å². The molecule has 0 aliphatic rings. The molecule has 0 radical (unpaired) electrons. The van der Waals surface area contributed by atoms with Crippen LogP contribution in [0.2, 0.25) is 0 Å². The number of benzene rings is 1. The number of anilines is 1. The standard InChI is InChI=1S/C21H28N6O4S/c1-5-30-17-7-8-19(18(12-17)31-6-2)32(28,29)25-10-9-22-20-13-21(24-14-23-20)27-16(4)11-15(3)26-27/h7-8,11-14,25H,5-6,9-10H2,1-4H3,(H,22,23,24). The Labute approximate surface area is 188 Å². The van der Waals surface area contributed by atoms with Gasteiger partial charge in [-0.25, -0.2) is 27.8 Å². The van der Waals surface area contributed by atoms with Crippen LogP contribution in [-0.4, -0.2) is 54.5 Å². The first-order valence-electron chi connectivity index (χ1n) is 10.3. The van der Waals surface area contributed by atoms with Crippen LogP contribution in [0.25, 0.3) is 5.82 Å². The summed E-state index contributed by atoms with van der Waals surface area (Å²) in [6.45, 7) is 8.81. The quantitative estimate of drug-likeness (QED) is 0.419. The monoisotopic (exact) mass is 460 g/mol. The fourth-order valence-corrected chi connectivity index (χ4v) is 4.27. The van der Waals surface area contributed by atoms with E-state index < -0.39 is 10.0 Å². The second kappa shape index (κ2) is 10.4. The second-order valence-corrected chi connectivity index (χ2v) is 8.63. The maximum Gasteiger partial charge on any atom is 0.244 e. The van der Waals surface area contributed by atoms with Gasteiger partial charge < -0.3 is 14.8 Å². The number of ether oxygens (including phenoxy) is 2. The Morgan fingerprint density at radius 2 is 1.78 bits per heavy atom. The molecule has 2 N–H and O–H groups in total. The number of aryl methyl sites for hydroxylation is 2. The molecule has 0 bridgehead atoms. The van der Waals surface area contributed by atoms with Crippen LogP contribution in [0.15, 0.2) is 41.6 Å². The van der Waals surface area contributed by atoms with Gasteiger partial charge >= 0.3 is 0 Å². The van der Waals surface area contributed by atoms with E-state index in [0.29, 0.717) is 37.1 Å². The molecule has 0 aliphatic heterocycles. The minimum Gasteiger partial charge on any atom is -0.494 e. The summed E-state index contributed by atoms with van der Waals surface area (Å²) >= 11 is 0. The van der Waals surface area contributed by atoms with Crippen molar-refractivity contribution >= 4 is 15.8 Å². The number of hydrogen-bond acceptors (Lipinski definition) is 8. The Kier molecular flexibility index (Phi) is 7.65. The van der Waals surface area contributed by atoms with Gasteiger partial charge in [0.2, 0.25) is 10.0 Å². The third-order valence-electron chi connectivity index (χ3n) is 4.42. The molecular weight excluding hydrogens is 432 g/mol. The van der Waals surface area contributed by atoms with Crippen LogP contribution in [0.3, 0.4) is 0 Å². The van der Waals surface area contributed by atoms with Crippen molar-refractivity contribution in [3.8, 4) is 17.3 Å². The fraction of sp³-hybridized carbons (Fsp3) is 0.381. The molecule has 0 saturated heterocycles. The number of rotatable bonds is 11. The number of sulfonamides is 1. The Morgan fingerprint density at radius 3 is 2.47 bits per heavy atom. The summed E-state index contributed by atoms with van der Waals surface area (Å²) in [6, 6.07) is 8.40. The molecule has 0 unspecified atom stereocenters. The molecule has 0 saturated carbocycles. The van der Waals surface area contributed by atoms with Crippen molar-refractivity contribution in [3.05, 3.63) is 48.0 Å². The van der Waals surface area contributed by atoms with Gasteiger partial charge in [0.15, 0.2) is 5.82 Å². The highest BCUT2D eigenvalue weighted by Gasteiger charge is 2.20. The molecule has 11 heteroatoms. The highest BCUT2D eigenvalue weighted by molar-refractivity contribution is 7.89. The van der Waals surface area contributed by atoms with Crippen LogP contribution in [0.1, 0.15) is 25.2 Å². The van der Waals surface area contributed by atoms with Crippen LogP contribution >= 0.6 is 0 Å². The average Bonchev–Trinajstić information content (AvgIpc) is 3.10. The van der Waals surface area contributed by atoms with E-state index in [2.05, 4.69) is 25.1 Å². The number of nitrogens with one attached hydrogen (secondary N) is 2. The highest BCUT2D eigenvalue weighted by Crippen LogP contribution is 2.28. The van der Waals surface area contributed by atoms with Crippen molar-refractivity contribution in [2.75, 3.05) is 31.6 Å². The Bertz CT molecular complexity index is 1160. The Morgan fingerprint density at radius 1 is 1.00 bits per heavy atom. The van der Waals surface area contributed by atoms with Gasteiger partial charge in [-0.2, -0.15) is 5.10 Å². The first-order chi connectivity index (χ1) is 15.3. The van der Waals surface area contributed by atoms with Crippen molar-refractivity contribution < 1.29 is 17.9 Å². The molecule has 0 fully saturated rings. The molecule has 3 aromatic rings. The summed E-state index contributed by atoms with van der Waals surface area (Å²) in [5, 5.41) is 7.51. The van der Waals surface area contributed by atoms with Crippen LogP contribution in [0.5, 0.6) is 11.5 Å². The van der Waals surface area contributed by atoms with E-state index >= 15 is 0 Å². The van der Waals surface area contributed by atoms with E-state index in [4.69, 9.17) is 9.47 Å². The van der Waals surface area contributed by atoms with Crippen molar-refractivity contribution in [2.24, 2.45) is 0 Å². The summed E-state index contributed by atoms with van der Waals surface area (Å²) in [7, 11) is -3.77. The lowest BCUT2D eigenvalue weighted by atomic mass is 10.3. The third-order valence-corrected chi connectivity index (χ3v) is 5.92. The normalized spacial score (nSPS) is 11.4. The lowest BCUT2D eigenvalue weighted by molar-refractivity contribution is 0.317. The fourth-order valence-electron chi connectivity index (χ4n) is 3.11. The van der Waals surface area contributed by atoms with Crippen molar-refractivity contribution in [1.29, 1.82) is 0 Å². The molecule has 10 nitrogen and oxygen atoms in total. The first kappa shape index (κ1) is 23.5. The zero-order chi connectivity index (χ0) is 23.1. The SMILES string of the molecule is CCOc1ccc(S(=O)(=O)NCCNc2cc(-n3nc(C)cc3C)ncn2)c(OCC)c1. The van der Waals surface area contributed by atoms with E-state index in [0.717, 1.165) is 11.4 Å². The van der Waals surface area contributed by atoms with Gasteiger partial charge in [-0.15, -0.1) is 0 Å². The summed E-state index contributed by atoms with van der Waals surface area (Å²) in [5.41, 5.74) is 1.85. The van der Waals surface area contributed by atoms with Crippen LogP contribution in [-0.2, 0) is 10.0 Å². The van der Waals surface area contributed by atoms with E-state index in [9.17, 15) is 8.42 Å². The number of nitrogens with zero attached hydrogens (tertiary/aromatic N) is 4. The zero-order valence-electron chi connectivity index (χ0n) is 18.6. The maximum atomic E-state index is 12.8. The Balaban J connectivity index is 1.63. The maximum absolute atomic E-state index is 12.8. The van der Waals surface area contributed by atoms with Crippen LogP contribution in [0.4, 0.5) is 5.82 Å². The molecule has 32 heavy (non-hydrogen) atoms. The van der Waals surface area contributed by atoms with Gasteiger partial charge in [0, 0.05) is 30.9 Å². The van der Waals surface area contributed by atoms with E-state index in [1.165, 1.54) is 12.4 Å². The number of aromatic nitrogens is 4. The second-order valence-electron chi connectivity index (χ2n) is 6.90. The Hall–Kier alpha value is -3.18. The van der Waals surface area contributed by atoms with Gasteiger partial charge in [-0.1, -0.05) is 0 Å². The molecule has 0 spiro atoms. The minimum absolute atomic E-state index is 0.0663. The topological polar surface area (TPSA) is 120 Å². The summed E-state index contributed by atoms with van der Waals surface area (Å²) in [5.74, 6) is 2.00. The van der Waals surface area contributed by atoms with E-state index in [-0.39, 0.29) is 17.2 Å². The molecule has 0 atom stereocenters. The molecule has 1 aromatic carbocycles. The molecule has 0 amide bonds. The molecule has 172 valence electrons. The predicted octanol–water partition coefficient (Wildman–Crippen LogP) is 2.47. The van der Waals surface area contributed by atoms with E-state index in [1.54, 1.807) is 29.8 Å². The zero-order valence-corrected chi connectivity index (χ0v) is 19.4. The van der Waals surface area contributed by atoms with Gasteiger partial charge in [0.1, 0.15) is 28.5 Å². The van der Waals surface area contributed by atoms with Gasteiger partial charge in [-0.05, 0) is 45.9 Å². The highest BCUT2D eigenvalue weighted by atomic mass is 32.2. The predicted molar refractivity (Wildman–Crippen MR) is 121 cm³/mol. The van der Waals surface area contributed by atoms with Crippen LogP contribution in [0, 0.1) is 13.8 Å². The lowest BCUT2D eigenvalue weighted by Crippen LogP contribution is -2.29. The number of hydrogen-bond donors (Lipinski definition) is 2. The smallest absolute Gasteiger partial charge is 0.244 e. The summed E-state index contributed by atoms with van der Waals surface area (Å²) in [6.07, 6.45) is 1.44. The van der Waals surface area contributed by atoms with Gasteiger partial charge in [0.25, 0.3) is 0 Å². The van der Waals surface area contributed by atoms with Crippen molar-refractivity contribution in [2.45, 2.75) is 32.6 Å². The summed E-state index contributed by atoms with van der Waals surface area (Å²) in [4.78, 5) is 8.50.